The minimum atomic E-state index is -4.32. The van der Waals surface area contributed by atoms with E-state index < -0.39 is 12.8 Å². The van der Waals surface area contributed by atoms with Gasteiger partial charge in [0.15, 0.2) is 6.61 Å². The zero-order valence-corrected chi connectivity index (χ0v) is 8.16. The molecule has 2 nitrogen and oxygen atoms in total. The minimum absolute atomic E-state index is 0.192. The highest BCUT2D eigenvalue weighted by molar-refractivity contribution is 5.79. The Morgan fingerprint density at radius 2 is 2.00 bits per heavy atom. The van der Waals surface area contributed by atoms with Crippen LogP contribution in [0.5, 0.6) is 5.75 Å². The lowest BCUT2D eigenvalue weighted by Gasteiger charge is -2.09. The van der Waals surface area contributed by atoms with Gasteiger partial charge >= 0.3 is 6.18 Å². The predicted molar refractivity (Wildman–Crippen MR) is 53.3 cm³/mol. The van der Waals surface area contributed by atoms with Gasteiger partial charge in [-0.1, -0.05) is 6.07 Å². The Morgan fingerprint density at radius 1 is 1.19 bits per heavy atom. The average Bonchev–Trinajstić information content (AvgIpc) is 2.25. The van der Waals surface area contributed by atoms with Gasteiger partial charge in [-0.3, -0.25) is 4.98 Å². The molecule has 0 radical (unpaired) electrons. The van der Waals surface area contributed by atoms with Crippen LogP contribution in [-0.2, 0) is 0 Å². The zero-order valence-electron chi connectivity index (χ0n) is 8.16. The van der Waals surface area contributed by atoms with Crippen LogP contribution in [0.1, 0.15) is 0 Å². The lowest BCUT2D eigenvalue weighted by atomic mass is 10.2. The van der Waals surface area contributed by atoms with Crippen molar-refractivity contribution in [3.63, 3.8) is 0 Å². The molecule has 0 fully saturated rings. The first-order valence-electron chi connectivity index (χ1n) is 4.59. The molecule has 0 spiro atoms. The third kappa shape index (κ3) is 2.62. The molecule has 0 unspecified atom stereocenters. The van der Waals surface area contributed by atoms with Crippen molar-refractivity contribution < 1.29 is 17.9 Å². The number of pyridine rings is 1. The average molecular weight is 227 g/mol. The van der Waals surface area contributed by atoms with E-state index in [1.807, 2.05) is 0 Å². The normalized spacial score (nSPS) is 11.7. The molecule has 1 aromatic heterocycles. The van der Waals surface area contributed by atoms with Gasteiger partial charge in [0, 0.05) is 11.6 Å². The van der Waals surface area contributed by atoms with E-state index in [4.69, 9.17) is 0 Å². The number of rotatable bonds is 2. The lowest BCUT2D eigenvalue weighted by Crippen LogP contribution is -2.19. The highest BCUT2D eigenvalue weighted by Crippen LogP contribution is 2.21. The molecule has 0 bridgehead atoms. The number of fused-ring (bicyclic) bond motifs is 1. The van der Waals surface area contributed by atoms with Crippen LogP contribution in [0.25, 0.3) is 10.9 Å². The quantitative estimate of drug-likeness (QED) is 0.786. The van der Waals surface area contributed by atoms with E-state index >= 15 is 0 Å². The SMILES string of the molecule is FC(F)(F)COc1ccc2ncccc2c1. The highest BCUT2D eigenvalue weighted by Gasteiger charge is 2.28. The number of hydrogen-bond acceptors (Lipinski definition) is 2. The van der Waals surface area contributed by atoms with Gasteiger partial charge in [0.2, 0.25) is 0 Å². The Labute approximate surface area is 89.7 Å². The summed E-state index contributed by atoms with van der Waals surface area (Å²) in [5, 5.41) is 0.752. The van der Waals surface area contributed by atoms with Gasteiger partial charge in [0.05, 0.1) is 5.52 Å². The second-order valence-corrected chi connectivity index (χ2v) is 3.26. The lowest BCUT2D eigenvalue weighted by molar-refractivity contribution is -0.153. The van der Waals surface area contributed by atoms with Gasteiger partial charge < -0.3 is 4.74 Å². The first kappa shape index (κ1) is 10.7. The molecule has 84 valence electrons. The molecular weight excluding hydrogens is 219 g/mol. The summed E-state index contributed by atoms with van der Waals surface area (Å²) in [6.45, 7) is -1.28. The maximum atomic E-state index is 11.9. The third-order valence-corrected chi connectivity index (χ3v) is 1.98. The Kier molecular flexibility index (Phi) is 2.68. The van der Waals surface area contributed by atoms with Crippen molar-refractivity contribution >= 4 is 10.9 Å². The van der Waals surface area contributed by atoms with Crippen molar-refractivity contribution in [3.05, 3.63) is 36.5 Å². The highest BCUT2D eigenvalue weighted by atomic mass is 19.4. The second-order valence-electron chi connectivity index (χ2n) is 3.26. The second kappa shape index (κ2) is 4.00. The largest absolute Gasteiger partial charge is 0.484 e. The van der Waals surface area contributed by atoms with Crippen molar-refractivity contribution in [3.8, 4) is 5.75 Å². The third-order valence-electron chi connectivity index (χ3n) is 1.98. The number of aromatic nitrogens is 1. The fourth-order valence-electron chi connectivity index (χ4n) is 1.31. The predicted octanol–water partition coefficient (Wildman–Crippen LogP) is 3.18. The summed E-state index contributed by atoms with van der Waals surface area (Å²) < 4.78 is 40.4. The number of benzene rings is 1. The number of halogens is 3. The molecule has 0 amide bonds. The molecule has 2 rings (SSSR count). The monoisotopic (exact) mass is 227 g/mol. The van der Waals surface area contributed by atoms with E-state index in [1.54, 1.807) is 24.4 Å². The molecule has 16 heavy (non-hydrogen) atoms. The van der Waals surface area contributed by atoms with Crippen LogP contribution in [-0.4, -0.2) is 17.8 Å². The molecule has 2 aromatic rings. The minimum Gasteiger partial charge on any atom is -0.484 e. The molecule has 0 atom stereocenters. The van der Waals surface area contributed by atoms with E-state index in [1.165, 1.54) is 12.1 Å². The maximum absolute atomic E-state index is 11.9. The van der Waals surface area contributed by atoms with E-state index in [2.05, 4.69) is 9.72 Å². The molecule has 1 aromatic carbocycles. The summed E-state index contributed by atoms with van der Waals surface area (Å²) in [5.74, 6) is 0.192. The number of hydrogen-bond donors (Lipinski definition) is 0. The molecular formula is C11H8F3NO. The summed E-state index contributed by atoms with van der Waals surface area (Å²) in [4.78, 5) is 4.05. The smallest absolute Gasteiger partial charge is 0.422 e. The van der Waals surface area contributed by atoms with Crippen molar-refractivity contribution in [1.82, 2.24) is 4.98 Å². The molecule has 5 heteroatoms. The fourth-order valence-corrected chi connectivity index (χ4v) is 1.31. The van der Waals surface area contributed by atoms with E-state index in [0.29, 0.717) is 0 Å². The number of ether oxygens (including phenoxy) is 1. The molecule has 0 aliphatic carbocycles. The zero-order chi connectivity index (χ0) is 11.6. The van der Waals surface area contributed by atoms with Gasteiger partial charge in [-0.25, -0.2) is 0 Å². The first-order chi connectivity index (χ1) is 7.54. The maximum Gasteiger partial charge on any atom is 0.422 e. The van der Waals surface area contributed by atoms with Crippen molar-refractivity contribution in [1.29, 1.82) is 0 Å². The summed E-state index contributed by atoms with van der Waals surface area (Å²) in [7, 11) is 0. The Bertz CT molecular complexity index is 496. The van der Waals surface area contributed by atoms with Crippen LogP contribution in [0, 0.1) is 0 Å². The van der Waals surface area contributed by atoms with E-state index in [-0.39, 0.29) is 5.75 Å². The standard InChI is InChI=1S/C11H8F3NO/c12-11(13,14)7-16-9-3-4-10-8(6-9)2-1-5-15-10/h1-6H,7H2. The number of nitrogens with zero attached hydrogens (tertiary/aromatic N) is 1. The first-order valence-corrected chi connectivity index (χ1v) is 4.59. The van der Waals surface area contributed by atoms with Crippen molar-refractivity contribution in [2.75, 3.05) is 6.61 Å². The van der Waals surface area contributed by atoms with Crippen LogP contribution in [0.3, 0.4) is 0 Å². The van der Waals surface area contributed by atoms with Gasteiger partial charge in [-0.15, -0.1) is 0 Å². The van der Waals surface area contributed by atoms with Gasteiger partial charge in [0.25, 0.3) is 0 Å². The Morgan fingerprint density at radius 3 is 2.75 bits per heavy atom. The summed E-state index contributed by atoms with van der Waals surface area (Å²) in [6.07, 6.45) is -2.69. The van der Waals surface area contributed by atoms with E-state index in [0.717, 1.165) is 10.9 Å². The van der Waals surface area contributed by atoms with Gasteiger partial charge in [-0.2, -0.15) is 13.2 Å². The van der Waals surface area contributed by atoms with Crippen molar-refractivity contribution in [2.45, 2.75) is 6.18 Å². The molecule has 0 N–H and O–H groups in total. The molecule has 0 aliphatic heterocycles. The number of alkyl halides is 3. The molecule has 0 saturated carbocycles. The summed E-state index contributed by atoms with van der Waals surface area (Å²) in [6, 6.07) is 8.12. The molecule has 0 saturated heterocycles. The van der Waals surface area contributed by atoms with Crippen LogP contribution in [0.15, 0.2) is 36.5 Å². The molecule has 0 aliphatic rings. The Hall–Kier alpha value is -1.78. The fraction of sp³-hybridized carbons (Fsp3) is 0.182. The van der Waals surface area contributed by atoms with Crippen LogP contribution in [0.4, 0.5) is 13.2 Å². The summed E-state index contributed by atoms with van der Waals surface area (Å²) in [5.41, 5.74) is 0.724. The molecule has 1 heterocycles. The van der Waals surface area contributed by atoms with Crippen molar-refractivity contribution in [2.24, 2.45) is 0 Å². The Balaban J connectivity index is 2.20. The van der Waals surface area contributed by atoms with Crippen LogP contribution in [0.2, 0.25) is 0 Å². The van der Waals surface area contributed by atoms with E-state index in [9.17, 15) is 13.2 Å². The topological polar surface area (TPSA) is 22.1 Å². The van der Waals surface area contributed by atoms with Gasteiger partial charge in [-0.05, 0) is 24.3 Å². The summed E-state index contributed by atoms with van der Waals surface area (Å²) >= 11 is 0. The van der Waals surface area contributed by atoms with Crippen LogP contribution < -0.4 is 4.74 Å². The van der Waals surface area contributed by atoms with Crippen LogP contribution >= 0.6 is 0 Å². The van der Waals surface area contributed by atoms with Gasteiger partial charge in [0.1, 0.15) is 5.75 Å².